The van der Waals surface area contributed by atoms with Crippen LogP contribution in [-0.2, 0) is 10.0 Å². The van der Waals surface area contributed by atoms with E-state index in [9.17, 15) is 12.8 Å². The lowest BCUT2D eigenvalue weighted by molar-refractivity contribution is 0.569. The number of aromatic nitrogens is 1. The van der Waals surface area contributed by atoms with Gasteiger partial charge in [0.1, 0.15) is 4.90 Å². The second kappa shape index (κ2) is 6.42. The summed E-state index contributed by atoms with van der Waals surface area (Å²) in [6, 6.07) is 3.00. The maximum absolute atomic E-state index is 14.8. The Morgan fingerprint density at radius 2 is 2.26 bits per heavy atom. The van der Waals surface area contributed by atoms with Crippen LogP contribution in [0.25, 0.3) is 0 Å². The molecule has 9 heteroatoms. The van der Waals surface area contributed by atoms with Crippen LogP contribution in [0.2, 0.25) is 0 Å². The second-order valence-electron chi connectivity index (χ2n) is 5.26. The van der Waals surface area contributed by atoms with Crippen molar-refractivity contribution in [3.8, 4) is 0 Å². The van der Waals surface area contributed by atoms with Crippen LogP contribution in [0.3, 0.4) is 0 Å². The van der Waals surface area contributed by atoms with E-state index in [0.717, 1.165) is 25.1 Å². The maximum Gasteiger partial charge on any atom is 0.266 e. The summed E-state index contributed by atoms with van der Waals surface area (Å²) in [6.45, 7) is 1.64. The van der Waals surface area contributed by atoms with E-state index in [2.05, 4.69) is 20.3 Å². The van der Waals surface area contributed by atoms with E-state index in [1.807, 2.05) is 0 Å². The van der Waals surface area contributed by atoms with Crippen molar-refractivity contribution < 1.29 is 12.8 Å². The van der Waals surface area contributed by atoms with E-state index in [1.165, 1.54) is 22.9 Å². The number of rotatable bonds is 5. The minimum Gasteiger partial charge on any atom is -0.385 e. The smallest absolute Gasteiger partial charge is 0.266 e. The Morgan fingerprint density at radius 1 is 1.43 bits per heavy atom. The van der Waals surface area contributed by atoms with E-state index in [-0.39, 0.29) is 22.3 Å². The highest BCUT2D eigenvalue weighted by molar-refractivity contribution is 7.92. The standard InChI is InChI=1S/C14H17FN4O2S2/c1-16-14-10(9-4-5-17-6-9)2-3-11(13(14)15)23(20,21)19-12-7-22-8-18-12/h2-3,7-9,16-17,19H,4-6H2,1H3. The van der Waals surface area contributed by atoms with Gasteiger partial charge in [-0.2, -0.15) is 0 Å². The molecule has 2 heterocycles. The summed E-state index contributed by atoms with van der Waals surface area (Å²) in [5.74, 6) is -0.403. The number of anilines is 2. The van der Waals surface area contributed by atoms with Gasteiger partial charge in [0.2, 0.25) is 0 Å². The zero-order chi connectivity index (χ0) is 16.4. The van der Waals surface area contributed by atoms with Crippen LogP contribution in [0.15, 0.2) is 27.9 Å². The van der Waals surface area contributed by atoms with E-state index in [0.29, 0.717) is 0 Å². The monoisotopic (exact) mass is 356 g/mol. The van der Waals surface area contributed by atoms with Gasteiger partial charge in [0.25, 0.3) is 10.0 Å². The summed E-state index contributed by atoms with van der Waals surface area (Å²) < 4.78 is 41.9. The number of halogens is 1. The van der Waals surface area contributed by atoms with Gasteiger partial charge >= 0.3 is 0 Å². The molecule has 0 spiro atoms. The van der Waals surface area contributed by atoms with Gasteiger partial charge in [0.05, 0.1) is 11.2 Å². The van der Waals surface area contributed by atoms with Gasteiger partial charge in [0.15, 0.2) is 11.6 Å². The Bertz CT molecular complexity index is 787. The Morgan fingerprint density at radius 3 is 2.87 bits per heavy atom. The average molecular weight is 356 g/mol. The van der Waals surface area contributed by atoms with Crippen molar-refractivity contribution >= 4 is 32.9 Å². The fourth-order valence-corrected chi connectivity index (χ4v) is 4.39. The lowest BCUT2D eigenvalue weighted by Crippen LogP contribution is -2.17. The first-order chi connectivity index (χ1) is 11.0. The molecule has 1 saturated heterocycles. The lowest BCUT2D eigenvalue weighted by Gasteiger charge is -2.17. The zero-order valence-corrected chi connectivity index (χ0v) is 14.1. The molecule has 124 valence electrons. The van der Waals surface area contributed by atoms with Crippen molar-refractivity contribution in [2.24, 2.45) is 0 Å². The van der Waals surface area contributed by atoms with Crippen LogP contribution in [0, 0.1) is 5.82 Å². The molecule has 1 atom stereocenters. The molecular formula is C14H17FN4O2S2. The van der Waals surface area contributed by atoms with Gasteiger partial charge in [-0.1, -0.05) is 6.07 Å². The van der Waals surface area contributed by atoms with Crippen molar-refractivity contribution in [2.45, 2.75) is 17.2 Å². The third-order valence-electron chi connectivity index (χ3n) is 3.85. The third kappa shape index (κ3) is 3.17. The normalized spacial score (nSPS) is 18.1. The summed E-state index contributed by atoms with van der Waals surface area (Å²) in [6.07, 6.45) is 0.900. The first-order valence-corrected chi connectivity index (χ1v) is 9.57. The summed E-state index contributed by atoms with van der Waals surface area (Å²) in [4.78, 5) is 3.48. The van der Waals surface area contributed by atoms with Crippen molar-refractivity contribution in [3.05, 3.63) is 34.4 Å². The van der Waals surface area contributed by atoms with Crippen molar-refractivity contribution in [3.63, 3.8) is 0 Å². The van der Waals surface area contributed by atoms with Crippen LogP contribution in [0.1, 0.15) is 17.9 Å². The molecule has 6 nitrogen and oxygen atoms in total. The zero-order valence-electron chi connectivity index (χ0n) is 12.5. The van der Waals surface area contributed by atoms with Crippen LogP contribution >= 0.6 is 11.3 Å². The van der Waals surface area contributed by atoms with Gasteiger partial charge in [-0.3, -0.25) is 4.72 Å². The van der Waals surface area contributed by atoms with Gasteiger partial charge in [-0.15, -0.1) is 11.3 Å². The molecule has 1 unspecified atom stereocenters. The number of benzene rings is 1. The molecule has 0 bridgehead atoms. The molecule has 0 aliphatic carbocycles. The summed E-state index contributed by atoms with van der Waals surface area (Å²) in [5, 5.41) is 7.58. The maximum atomic E-state index is 14.8. The van der Waals surface area contributed by atoms with Crippen molar-refractivity contribution in [1.82, 2.24) is 10.3 Å². The van der Waals surface area contributed by atoms with E-state index < -0.39 is 15.8 Å². The molecule has 0 amide bonds. The molecule has 1 fully saturated rings. The molecule has 0 saturated carbocycles. The molecule has 2 aromatic rings. The Labute approximate surface area is 138 Å². The van der Waals surface area contributed by atoms with Crippen LogP contribution in [0.5, 0.6) is 0 Å². The van der Waals surface area contributed by atoms with E-state index in [1.54, 1.807) is 18.5 Å². The van der Waals surface area contributed by atoms with Gasteiger partial charge in [-0.05, 0) is 30.5 Å². The topological polar surface area (TPSA) is 83.1 Å². The highest BCUT2D eigenvalue weighted by Gasteiger charge is 2.27. The number of nitrogens with one attached hydrogen (secondary N) is 3. The number of nitrogens with zero attached hydrogens (tertiary/aromatic N) is 1. The molecule has 1 aliphatic heterocycles. The van der Waals surface area contributed by atoms with Crippen molar-refractivity contribution in [1.29, 1.82) is 0 Å². The quantitative estimate of drug-likeness (QED) is 0.765. The third-order valence-corrected chi connectivity index (χ3v) is 5.81. The highest BCUT2D eigenvalue weighted by Crippen LogP contribution is 2.34. The fraction of sp³-hybridized carbons (Fsp3) is 0.357. The first-order valence-electron chi connectivity index (χ1n) is 7.15. The van der Waals surface area contributed by atoms with Gasteiger partial charge in [-0.25, -0.2) is 17.8 Å². The number of thiazole rings is 1. The highest BCUT2D eigenvalue weighted by atomic mass is 32.2. The molecule has 1 aliphatic rings. The van der Waals surface area contributed by atoms with E-state index >= 15 is 0 Å². The number of hydrogen-bond donors (Lipinski definition) is 3. The minimum absolute atomic E-state index is 0.176. The first kappa shape index (κ1) is 16.2. The summed E-state index contributed by atoms with van der Waals surface area (Å²) in [5.41, 5.74) is 2.53. The van der Waals surface area contributed by atoms with Gasteiger partial charge < -0.3 is 10.6 Å². The number of hydrogen-bond acceptors (Lipinski definition) is 6. The molecule has 1 aromatic carbocycles. The largest absolute Gasteiger partial charge is 0.385 e. The summed E-state index contributed by atoms with van der Waals surface area (Å²) in [7, 11) is -2.43. The Balaban J connectivity index is 2.00. The molecule has 1 aromatic heterocycles. The minimum atomic E-state index is -4.02. The van der Waals surface area contributed by atoms with Crippen LogP contribution < -0.4 is 15.4 Å². The van der Waals surface area contributed by atoms with Crippen LogP contribution in [0.4, 0.5) is 15.9 Å². The molecule has 3 rings (SSSR count). The lowest BCUT2D eigenvalue weighted by atomic mass is 9.96. The molecule has 23 heavy (non-hydrogen) atoms. The predicted molar refractivity (Wildman–Crippen MR) is 89.1 cm³/mol. The number of sulfonamides is 1. The predicted octanol–water partition coefficient (Wildman–Crippen LogP) is 2.20. The Kier molecular flexibility index (Phi) is 4.51. The Hall–Kier alpha value is -1.71. The van der Waals surface area contributed by atoms with E-state index in [4.69, 9.17) is 0 Å². The van der Waals surface area contributed by atoms with Gasteiger partial charge in [0, 0.05) is 19.0 Å². The van der Waals surface area contributed by atoms with Crippen LogP contribution in [-0.4, -0.2) is 33.5 Å². The SMILES string of the molecule is CNc1c(C2CCNC2)ccc(S(=O)(=O)Nc2cscn2)c1F. The fourth-order valence-electron chi connectivity index (χ4n) is 2.75. The molecule has 3 N–H and O–H groups in total. The molecular weight excluding hydrogens is 339 g/mol. The summed E-state index contributed by atoms with van der Waals surface area (Å²) >= 11 is 1.26. The second-order valence-corrected chi connectivity index (χ2v) is 7.63. The average Bonchev–Trinajstić information content (AvgIpc) is 3.19. The molecule has 0 radical (unpaired) electrons. The van der Waals surface area contributed by atoms with Crippen molar-refractivity contribution in [2.75, 3.05) is 30.2 Å².